The van der Waals surface area contributed by atoms with Crippen molar-refractivity contribution in [2.24, 2.45) is 5.92 Å². The van der Waals surface area contributed by atoms with Crippen LogP contribution in [0.3, 0.4) is 0 Å². The van der Waals surface area contributed by atoms with Crippen molar-refractivity contribution < 1.29 is 17.9 Å². The molecule has 0 heterocycles. The number of ether oxygens (including phenoxy) is 1. The smallest absolute Gasteiger partial charge is 0.238 e. The molecule has 1 amide bonds. The number of carbonyl (C=O) groups is 1. The number of sulfone groups is 1. The van der Waals surface area contributed by atoms with Crippen LogP contribution in [0.4, 0.5) is 5.69 Å². The maximum Gasteiger partial charge on any atom is 0.238 e. The standard InChI is InChI=1S/C14H22N2O4S/c1-9(2)8-16-14(17)10(3)21(18,19)13-6-5-11(15)7-12(13)20-4/h5-7,9-10H,8,15H2,1-4H3,(H,16,17). The van der Waals surface area contributed by atoms with Crippen LogP contribution in [0.15, 0.2) is 23.1 Å². The molecule has 0 bridgehead atoms. The van der Waals surface area contributed by atoms with E-state index in [9.17, 15) is 13.2 Å². The van der Waals surface area contributed by atoms with E-state index in [-0.39, 0.29) is 16.6 Å². The van der Waals surface area contributed by atoms with Crippen molar-refractivity contribution >= 4 is 21.4 Å². The average molecular weight is 314 g/mol. The van der Waals surface area contributed by atoms with Gasteiger partial charge in [-0.05, 0) is 25.0 Å². The Bertz CT molecular complexity index is 611. The highest BCUT2D eigenvalue weighted by Gasteiger charge is 2.32. The van der Waals surface area contributed by atoms with Crippen molar-refractivity contribution in [1.82, 2.24) is 5.32 Å². The molecule has 1 atom stereocenters. The highest BCUT2D eigenvalue weighted by molar-refractivity contribution is 7.92. The van der Waals surface area contributed by atoms with Gasteiger partial charge in [-0.25, -0.2) is 8.42 Å². The SMILES string of the molecule is COc1cc(N)ccc1S(=O)(=O)C(C)C(=O)NCC(C)C. The number of nitrogen functional groups attached to an aromatic ring is 1. The van der Waals surface area contributed by atoms with Crippen LogP contribution < -0.4 is 15.8 Å². The molecule has 0 spiro atoms. The number of rotatable bonds is 6. The Labute approximate surface area is 125 Å². The van der Waals surface area contributed by atoms with E-state index in [0.29, 0.717) is 12.2 Å². The molecule has 0 fully saturated rings. The number of benzene rings is 1. The summed E-state index contributed by atoms with van der Waals surface area (Å²) in [5.41, 5.74) is 6.00. The minimum Gasteiger partial charge on any atom is -0.495 e. The summed E-state index contributed by atoms with van der Waals surface area (Å²) in [6.07, 6.45) is 0. The van der Waals surface area contributed by atoms with Crippen molar-refractivity contribution in [3.8, 4) is 5.75 Å². The molecule has 0 aliphatic heterocycles. The van der Waals surface area contributed by atoms with Gasteiger partial charge in [0, 0.05) is 18.3 Å². The van der Waals surface area contributed by atoms with Crippen LogP contribution in [0.2, 0.25) is 0 Å². The summed E-state index contributed by atoms with van der Waals surface area (Å²) < 4.78 is 30.1. The number of hydrogen-bond donors (Lipinski definition) is 2. The number of amides is 1. The second kappa shape index (κ2) is 6.80. The van der Waals surface area contributed by atoms with Gasteiger partial charge in [0.25, 0.3) is 0 Å². The van der Waals surface area contributed by atoms with Gasteiger partial charge in [-0.2, -0.15) is 0 Å². The fourth-order valence-electron chi connectivity index (χ4n) is 1.70. The van der Waals surface area contributed by atoms with Crippen molar-refractivity contribution in [2.75, 3.05) is 19.4 Å². The number of nitrogens with two attached hydrogens (primary N) is 1. The number of nitrogens with one attached hydrogen (secondary N) is 1. The average Bonchev–Trinajstić information content (AvgIpc) is 2.43. The molecule has 1 aromatic rings. The van der Waals surface area contributed by atoms with Gasteiger partial charge in [0.2, 0.25) is 5.91 Å². The lowest BCUT2D eigenvalue weighted by molar-refractivity contribution is -0.120. The predicted molar refractivity (Wildman–Crippen MR) is 81.9 cm³/mol. The first-order chi connectivity index (χ1) is 9.70. The van der Waals surface area contributed by atoms with E-state index >= 15 is 0 Å². The molecule has 21 heavy (non-hydrogen) atoms. The first-order valence-corrected chi connectivity index (χ1v) is 8.20. The zero-order chi connectivity index (χ0) is 16.2. The Morgan fingerprint density at radius 2 is 1.95 bits per heavy atom. The van der Waals surface area contributed by atoms with Crippen molar-refractivity contribution in [2.45, 2.75) is 30.9 Å². The van der Waals surface area contributed by atoms with Gasteiger partial charge >= 0.3 is 0 Å². The molecule has 3 N–H and O–H groups in total. The molecule has 1 aromatic carbocycles. The molecule has 0 aliphatic rings. The second-order valence-corrected chi connectivity index (χ2v) is 7.47. The van der Waals surface area contributed by atoms with Gasteiger partial charge in [0.05, 0.1) is 7.11 Å². The number of carbonyl (C=O) groups excluding carboxylic acids is 1. The largest absolute Gasteiger partial charge is 0.495 e. The normalized spacial score (nSPS) is 13.0. The third-order valence-corrected chi connectivity index (χ3v) is 5.11. The van der Waals surface area contributed by atoms with Gasteiger partial charge in [0.1, 0.15) is 15.9 Å². The van der Waals surface area contributed by atoms with Crippen LogP contribution in [0.25, 0.3) is 0 Å². The Kier molecular flexibility index (Phi) is 5.60. The lowest BCUT2D eigenvalue weighted by Gasteiger charge is -2.16. The summed E-state index contributed by atoms with van der Waals surface area (Å²) in [6.45, 7) is 5.66. The number of hydrogen-bond acceptors (Lipinski definition) is 5. The molecule has 6 nitrogen and oxygen atoms in total. The van der Waals surface area contributed by atoms with E-state index in [0.717, 1.165) is 0 Å². The van der Waals surface area contributed by atoms with Crippen LogP contribution in [-0.4, -0.2) is 33.2 Å². The molecule has 1 unspecified atom stereocenters. The van der Waals surface area contributed by atoms with E-state index in [1.165, 1.54) is 32.2 Å². The highest BCUT2D eigenvalue weighted by atomic mass is 32.2. The van der Waals surface area contributed by atoms with E-state index < -0.39 is 21.0 Å². The van der Waals surface area contributed by atoms with Crippen LogP contribution in [0.1, 0.15) is 20.8 Å². The zero-order valence-electron chi connectivity index (χ0n) is 12.7. The fraction of sp³-hybridized carbons (Fsp3) is 0.500. The first-order valence-electron chi connectivity index (χ1n) is 6.65. The zero-order valence-corrected chi connectivity index (χ0v) is 13.5. The lowest BCUT2D eigenvalue weighted by Crippen LogP contribution is -2.39. The Balaban J connectivity index is 3.08. The quantitative estimate of drug-likeness (QED) is 0.769. The second-order valence-electron chi connectivity index (χ2n) is 5.24. The van der Waals surface area contributed by atoms with Crippen LogP contribution in [0.5, 0.6) is 5.75 Å². The van der Waals surface area contributed by atoms with E-state index in [2.05, 4.69) is 5.32 Å². The summed E-state index contributed by atoms with van der Waals surface area (Å²) >= 11 is 0. The topological polar surface area (TPSA) is 98.5 Å². The van der Waals surface area contributed by atoms with E-state index in [1.54, 1.807) is 0 Å². The van der Waals surface area contributed by atoms with Gasteiger partial charge in [0.15, 0.2) is 9.84 Å². The maximum atomic E-state index is 12.5. The van der Waals surface area contributed by atoms with E-state index in [1.807, 2.05) is 13.8 Å². The van der Waals surface area contributed by atoms with Crippen LogP contribution in [0, 0.1) is 5.92 Å². The van der Waals surface area contributed by atoms with Gasteiger partial charge < -0.3 is 15.8 Å². The summed E-state index contributed by atoms with van der Waals surface area (Å²) in [6, 6.07) is 4.25. The Morgan fingerprint density at radius 3 is 2.48 bits per heavy atom. The van der Waals surface area contributed by atoms with Crippen LogP contribution >= 0.6 is 0 Å². The van der Waals surface area contributed by atoms with Gasteiger partial charge in [-0.15, -0.1) is 0 Å². The summed E-state index contributed by atoms with van der Waals surface area (Å²) in [5.74, 6) is -0.143. The molecular weight excluding hydrogens is 292 g/mol. The van der Waals surface area contributed by atoms with Crippen molar-refractivity contribution in [3.05, 3.63) is 18.2 Å². The molecule has 0 saturated heterocycles. The molecule has 118 valence electrons. The van der Waals surface area contributed by atoms with Gasteiger partial charge in [-0.3, -0.25) is 4.79 Å². The fourth-order valence-corrected chi connectivity index (χ4v) is 3.13. The van der Waals surface area contributed by atoms with Crippen LogP contribution in [-0.2, 0) is 14.6 Å². The predicted octanol–water partition coefficient (Wildman–Crippen LogP) is 1.21. The monoisotopic (exact) mass is 314 g/mol. The molecule has 0 aliphatic carbocycles. The van der Waals surface area contributed by atoms with E-state index in [4.69, 9.17) is 10.5 Å². The molecule has 0 saturated carbocycles. The molecule has 7 heteroatoms. The van der Waals surface area contributed by atoms with Gasteiger partial charge in [-0.1, -0.05) is 13.8 Å². The highest BCUT2D eigenvalue weighted by Crippen LogP contribution is 2.29. The minimum atomic E-state index is -3.84. The lowest BCUT2D eigenvalue weighted by atomic mass is 10.2. The summed E-state index contributed by atoms with van der Waals surface area (Å²) in [5, 5.41) is 1.42. The maximum absolute atomic E-state index is 12.5. The third kappa shape index (κ3) is 4.10. The minimum absolute atomic E-state index is 0.0357. The Hall–Kier alpha value is -1.76. The van der Waals surface area contributed by atoms with Crippen molar-refractivity contribution in [1.29, 1.82) is 0 Å². The molecule has 1 rings (SSSR count). The molecular formula is C14H22N2O4S. The molecule has 0 aromatic heterocycles. The van der Waals surface area contributed by atoms with Crippen molar-refractivity contribution in [3.63, 3.8) is 0 Å². The number of anilines is 1. The molecule has 0 radical (unpaired) electrons. The number of methoxy groups -OCH3 is 1. The summed E-state index contributed by atoms with van der Waals surface area (Å²) in [7, 11) is -2.48. The Morgan fingerprint density at radius 1 is 1.33 bits per heavy atom. The first kappa shape index (κ1) is 17.3. The summed E-state index contributed by atoms with van der Waals surface area (Å²) in [4.78, 5) is 11.9. The third-order valence-electron chi connectivity index (χ3n) is 3.01.